The highest BCUT2D eigenvalue weighted by atomic mass is 32.3. The normalized spacial score (nSPS) is 14.5. The Hall–Kier alpha value is -3.72. The third-order valence-corrected chi connectivity index (χ3v) is 7.45. The lowest BCUT2D eigenvalue weighted by molar-refractivity contribution is -0.401. The molecule has 4 aromatic rings. The second-order valence-corrected chi connectivity index (χ2v) is 10.7. The van der Waals surface area contributed by atoms with E-state index in [1.807, 2.05) is 6.07 Å². The fourth-order valence-electron chi connectivity index (χ4n) is 5.14. The molecule has 0 spiro atoms. The zero-order chi connectivity index (χ0) is 27.7. The van der Waals surface area contributed by atoms with Gasteiger partial charge in [-0.05, 0) is 43.7 Å². The van der Waals surface area contributed by atoms with Crippen LogP contribution in [0.3, 0.4) is 0 Å². The molecule has 2 heterocycles. The first-order chi connectivity index (χ1) is 18.0. The predicted molar refractivity (Wildman–Crippen MR) is 151 cm³/mol. The molecule has 1 aliphatic heterocycles. The molecule has 0 radical (unpaired) electrons. The Balaban J connectivity index is 0.000000505. The van der Waals surface area contributed by atoms with E-state index >= 15 is 0 Å². The average molecular weight is 533 g/mol. The van der Waals surface area contributed by atoms with E-state index in [0.717, 1.165) is 12.9 Å². The van der Waals surface area contributed by atoms with Crippen LogP contribution < -0.4 is 4.74 Å². The molecule has 0 saturated carbocycles. The van der Waals surface area contributed by atoms with Gasteiger partial charge in [0.25, 0.3) is 0 Å². The van der Waals surface area contributed by atoms with Gasteiger partial charge in [0.1, 0.15) is 12.8 Å². The highest BCUT2D eigenvalue weighted by molar-refractivity contribution is 7.80. The molecule has 5 rings (SSSR count). The summed E-state index contributed by atoms with van der Waals surface area (Å²) in [5, 5.41) is 1.27. The van der Waals surface area contributed by atoms with Crippen LogP contribution in [-0.4, -0.2) is 49.1 Å². The maximum atomic E-state index is 9.22. The molecule has 0 bridgehead atoms. The van der Waals surface area contributed by atoms with Crippen molar-refractivity contribution in [1.82, 2.24) is 4.57 Å². The van der Waals surface area contributed by atoms with Crippen molar-refractivity contribution in [1.29, 1.82) is 0 Å². The van der Waals surface area contributed by atoms with Crippen molar-refractivity contribution in [2.75, 3.05) is 21.3 Å². The van der Waals surface area contributed by atoms with E-state index in [9.17, 15) is 13.0 Å². The smallest absolute Gasteiger partial charge is 0.217 e. The molecule has 0 aliphatic carbocycles. The molecule has 0 saturated heterocycles. The van der Waals surface area contributed by atoms with Crippen molar-refractivity contribution in [3.8, 4) is 17.0 Å². The Morgan fingerprint density at radius 1 is 0.947 bits per heavy atom. The van der Waals surface area contributed by atoms with Gasteiger partial charge in [-0.2, -0.15) is 4.58 Å². The third-order valence-electron chi connectivity index (χ3n) is 7.05. The number of ether oxygens (including phenoxy) is 1. The minimum atomic E-state index is -4.41. The van der Waals surface area contributed by atoms with Gasteiger partial charge in [0.05, 0.1) is 25.3 Å². The number of aryl methyl sites for hydroxylation is 1. The van der Waals surface area contributed by atoms with Gasteiger partial charge >= 0.3 is 0 Å². The number of methoxy groups -OCH3 is 1. The van der Waals surface area contributed by atoms with Crippen LogP contribution in [0.2, 0.25) is 0 Å². The molecule has 1 aliphatic rings. The van der Waals surface area contributed by atoms with Crippen LogP contribution in [0.15, 0.2) is 78.9 Å². The van der Waals surface area contributed by atoms with Gasteiger partial charge in [0, 0.05) is 41.2 Å². The summed E-state index contributed by atoms with van der Waals surface area (Å²) in [6, 6.07) is 25.7. The number of nitrogens with zero attached hydrogens (tertiary/aromatic N) is 2. The van der Waals surface area contributed by atoms with Crippen molar-refractivity contribution >= 4 is 38.8 Å². The Bertz CT molecular complexity index is 1650. The number of hydrogen-bond acceptors (Lipinski definition) is 5. The number of allylic oxidation sites excluding steroid dienone is 1. The predicted octanol–water partition coefficient (Wildman–Crippen LogP) is 5.67. The van der Waals surface area contributed by atoms with Crippen molar-refractivity contribution in [3.05, 3.63) is 90.0 Å². The molecule has 0 unspecified atom stereocenters. The number of fused-ring (bicyclic) bond motifs is 2. The number of rotatable bonds is 5. The molecule has 198 valence electrons. The zero-order valence-electron chi connectivity index (χ0n) is 22.4. The Morgan fingerprint density at radius 2 is 1.58 bits per heavy atom. The maximum Gasteiger partial charge on any atom is 0.217 e. The Kier molecular flexibility index (Phi) is 7.60. The second kappa shape index (κ2) is 10.6. The van der Waals surface area contributed by atoms with Crippen LogP contribution in [0.25, 0.3) is 28.2 Å². The molecule has 0 atom stereocenters. The van der Waals surface area contributed by atoms with Crippen LogP contribution in [0.5, 0.6) is 5.75 Å². The monoisotopic (exact) mass is 532 g/mol. The lowest BCUT2D eigenvalue weighted by Gasteiger charge is -2.16. The standard InChI is InChI=1S/C29H29N2O.CH4O4S/c1-29(2)24-19-21(32-5)15-17-26(24)30(3)27(29)18-16-23-22-13-9-10-14-25(22)31(4)28(23)20-11-7-6-8-12-20;1-5-6(2,3)4/h6-19H,1-5H3;1H3,(H,2,3,4)/q+1;/p-1. The Morgan fingerprint density at radius 3 is 2.21 bits per heavy atom. The van der Waals surface area contributed by atoms with Crippen molar-refractivity contribution in [2.45, 2.75) is 19.3 Å². The van der Waals surface area contributed by atoms with E-state index < -0.39 is 10.4 Å². The van der Waals surface area contributed by atoms with Crippen LogP contribution in [0.1, 0.15) is 25.0 Å². The van der Waals surface area contributed by atoms with E-state index in [0.29, 0.717) is 0 Å². The fourth-order valence-corrected chi connectivity index (χ4v) is 5.14. The van der Waals surface area contributed by atoms with E-state index in [4.69, 9.17) is 4.74 Å². The van der Waals surface area contributed by atoms with Crippen molar-refractivity contribution in [3.63, 3.8) is 0 Å². The number of aromatic nitrogens is 1. The average Bonchev–Trinajstić information content (AvgIpc) is 3.29. The summed E-state index contributed by atoms with van der Waals surface area (Å²) in [6.45, 7) is 4.57. The Labute approximate surface area is 224 Å². The molecule has 1 aromatic heterocycles. The minimum Gasteiger partial charge on any atom is -0.726 e. The van der Waals surface area contributed by atoms with E-state index in [2.05, 4.69) is 120 Å². The molecular weight excluding hydrogens is 500 g/mol. The van der Waals surface area contributed by atoms with Gasteiger partial charge in [-0.3, -0.25) is 4.18 Å². The molecule has 0 amide bonds. The summed E-state index contributed by atoms with van der Waals surface area (Å²) in [5.41, 5.74) is 8.63. The summed E-state index contributed by atoms with van der Waals surface area (Å²) < 4.78 is 41.1. The highest BCUT2D eigenvalue weighted by Gasteiger charge is 2.43. The highest BCUT2D eigenvalue weighted by Crippen LogP contribution is 2.42. The zero-order valence-corrected chi connectivity index (χ0v) is 23.2. The molecular formula is C30H32N2O5S. The van der Waals surface area contributed by atoms with Gasteiger partial charge in [-0.25, -0.2) is 8.42 Å². The fraction of sp³-hybridized carbons (Fsp3) is 0.233. The van der Waals surface area contributed by atoms with Crippen LogP contribution in [0, 0.1) is 0 Å². The van der Waals surface area contributed by atoms with Crippen molar-refractivity contribution in [2.24, 2.45) is 7.05 Å². The van der Waals surface area contributed by atoms with Crippen LogP contribution in [-0.2, 0) is 27.0 Å². The summed E-state index contributed by atoms with van der Waals surface area (Å²) >= 11 is 0. The van der Waals surface area contributed by atoms with Gasteiger partial charge < -0.3 is 13.9 Å². The topological polar surface area (TPSA) is 83.6 Å². The molecule has 8 heteroatoms. The lowest BCUT2D eigenvalue weighted by Crippen LogP contribution is -2.26. The second-order valence-electron chi connectivity index (χ2n) is 9.57. The van der Waals surface area contributed by atoms with Crippen LogP contribution in [0.4, 0.5) is 5.69 Å². The first-order valence-corrected chi connectivity index (χ1v) is 13.4. The quantitative estimate of drug-likeness (QED) is 0.188. The van der Waals surface area contributed by atoms with E-state index in [1.54, 1.807) is 7.11 Å². The SMILES string of the molecule is COS(=O)(=O)[O-].COc1ccc2c(c1)C(C)(C)C(C=Cc1c(-c3ccccc3)n(C)c3ccccc13)=[N+]2C. The summed E-state index contributed by atoms with van der Waals surface area (Å²) in [7, 11) is 2.43. The number of hydrogen-bond donors (Lipinski definition) is 0. The van der Waals surface area contributed by atoms with E-state index in [1.165, 1.54) is 44.7 Å². The number of benzene rings is 3. The number of para-hydroxylation sites is 1. The summed E-state index contributed by atoms with van der Waals surface area (Å²) in [4.78, 5) is 0. The third kappa shape index (κ3) is 5.15. The molecule has 0 N–H and O–H groups in total. The maximum absolute atomic E-state index is 9.22. The van der Waals surface area contributed by atoms with Crippen molar-refractivity contribution < 1.29 is 26.5 Å². The van der Waals surface area contributed by atoms with Gasteiger partial charge in [0.15, 0.2) is 5.71 Å². The molecule has 38 heavy (non-hydrogen) atoms. The molecule has 7 nitrogen and oxygen atoms in total. The lowest BCUT2D eigenvalue weighted by atomic mass is 9.81. The minimum absolute atomic E-state index is 0.118. The first kappa shape index (κ1) is 27.3. The van der Waals surface area contributed by atoms with Gasteiger partial charge in [-0.15, -0.1) is 0 Å². The molecule has 0 fully saturated rings. The largest absolute Gasteiger partial charge is 0.726 e. The van der Waals surface area contributed by atoms with Gasteiger partial charge in [-0.1, -0.05) is 48.5 Å². The summed E-state index contributed by atoms with van der Waals surface area (Å²) in [5.74, 6) is 0.899. The van der Waals surface area contributed by atoms with Gasteiger partial charge in [0.2, 0.25) is 16.1 Å². The summed E-state index contributed by atoms with van der Waals surface area (Å²) in [6.07, 6.45) is 4.59. The molecule has 3 aromatic carbocycles. The first-order valence-electron chi connectivity index (χ1n) is 12.1. The van der Waals surface area contributed by atoms with Crippen LogP contribution >= 0.6 is 0 Å². The van der Waals surface area contributed by atoms with E-state index in [-0.39, 0.29) is 5.41 Å².